The number of aromatic nitrogens is 4. The number of aryl methyl sites for hydroxylation is 1. The summed E-state index contributed by atoms with van der Waals surface area (Å²) in [4.78, 5) is 7.80. The van der Waals surface area contributed by atoms with Crippen LogP contribution in [-0.2, 0) is 19.8 Å². The molecule has 2 aromatic heterocycles. The zero-order chi connectivity index (χ0) is 18.9. The third-order valence-corrected chi connectivity index (χ3v) is 4.18. The van der Waals surface area contributed by atoms with Crippen molar-refractivity contribution in [2.24, 2.45) is 7.05 Å². The third-order valence-electron chi connectivity index (χ3n) is 3.93. The minimum Gasteiger partial charge on any atom is -0.350 e. The molecule has 0 spiro atoms. The van der Waals surface area contributed by atoms with Crippen molar-refractivity contribution in [1.82, 2.24) is 19.7 Å². The smallest absolute Gasteiger partial charge is 0.350 e. The first-order valence-electron chi connectivity index (χ1n) is 7.67. The predicted molar refractivity (Wildman–Crippen MR) is 92.8 cm³/mol. The average Bonchev–Trinajstić information content (AvgIpc) is 2.91. The van der Waals surface area contributed by atoms with E-state index in [1.54, 1.807) is 42.2 Å². The minimum atomic E-state index is -4.58. The summed E-state index contributed by atoms with van der Waals surface area (Å²) >= 11 is 5.84. The molecule has 0 saturated heterocycles. The summed E-state index contributed by atoms with van der Waals surface area (Å²) in [5.41, 5.74) is 1.42. The Hall–Kier alpha value is -2.61. The van der Waals surface area contributed by atoms with E-state index in [-0.39, 0.29) is 18.2 Å². The lowest BCUT2D eigenvalue weighted by molar-refractivity contribution is -0.141. The Labute approximate surface area is 152 Å². The van der Waals surface area contributed by atoms with Gasteiger partial charge in [-0.2, -0.15) is 18.3 Å². The zero-order valence-electron chi connectivity index (χ0n) is 14.0. The predicted octanol–water partition coefficient (Wildman–Crippen LogP) is 4.47. The molecule has 3 rings (SSSR count). The lowest BCUT2D eigenvalue weighted by atomic mass is 10.1. The first-order valence-corrected chi connectivity index (χ1v) is 8.05. The Morgan fingerprint density at radius 1 is 1.15 bits per heavy atom. The first-order chi connectivity index (χ1) is 12.2. The SMILES string of the molecule is Cc1c(CNc2nc(-c3ccc(Cl)cc3)cc(C(F)(F)F)n2)cnn1C. The second kappa shape index (κ2) is 6.95. The first kappa shape index (κ1) is 18.2. The molecule has 26 heavy (non-hydrogen) atoms. The van der Waals surface area contributed by atoms with E-state index in [0.29, 0.717) is 10.6 Å². The number of anilines is 1. The van der Waals surface area contributed by atoms with Crippen molar-refractivity contribution in [2.45, 2.75) is 19.6 Å². The zero-order valence-corrected chi connectivity index (χ0v) is 14.7. The Balaban J connectivity index is 1.94. The molecule has 3 aromatic rings. The molecule has 5 nitrogen and oxygen atoms in total. The number of hydrogen-bond donors (Lipinski definition) is 1. The van der Waals surface area contributed by atoms with Gasteiger partial charge in [-0.3, -0.25) is 4.68 Å². The fourth-order valence-corrected chi connectivity index (χ4v) is 2.46. The van der Waals surface area contributed by atoms with Gasteiger partial charge in [0.15, 0.2) is 5.69 Å². The molecule has 0 atom stereocenters. The van der Waals surface area contributed by atoms with Crippen LogP contribution in [0.1, 0.15) is 17.0 Å². The summed E-state index contributed by atoms with van der Waals surface area (Å²) < 4.78 is 41.3. The van der Waals surface area contributed by atoms with Gasteiger partial charge in [-0.15, -0.1) is 0 Å². The standard InChI is InChI=1S/C17H15ClF3N5/c1-10-12(9-23-26(10)2)8-22-16-24-14(7-15(25-16)17(19,20)21)11-3-5-13(18)6-4-11/h3-7,9H,8H2,1-2H3,(H,22,24,25). The lowest BCUT2D eigenvalue weighted by Crippen LogP contribution is -2.13. The molecule has 0 aliphatic heterocycles. The second-order valence-corrected chi connectivity index (χ2v) is 6.14. The number of rotatable bonds is 4. The van der Waals surface area contributed by atoms with Crippen molar-refractivity contribution in [3.8, 4) is 11.3 Å². The fraction of sp³-hybridized carbons (Fsp3) is 0.235. The summed E-state index contributed by atoms with van der Waals surface area (Å²) in [6, 6.07) is 7.33. The van der Waals surface area contributed by atoms with Crippen LogP contribution in [0.2, 0.25) is 5.02 Å². The van der Waals surface area contributed by atoms with Gasteiger partial charge in [0.05, 0.1) is 11.9 Å². The van der Waals surface area contributed by atoms with Crippen molar-refractivity contribution < 1.29 is 13.2 Å². The van der Waals surface area contributed by atoms with Crippen LogP contribution in [-0.4, -0.2) is 19.7 Å². The van der Waals surface area contributed by atoms with E-state index in [1.165, 1.54) is 0 Å². The highest BCUT2D eigenvalue weighted by molar-refractivity contribution is 6.30. The molecule has 0 bridgehead atoms. The van der Waals surface area contributed by atoms with E-state index in [4.69, 9.17) is 11.6 Å². The van der Waals surface area contributed by atoms with Crippen LogP contribution < -0.4 is 5.32 Å². The van der Waals surface area contributed by atoms with Crippen molar-refractivity contribution in [3.63, 3.8) is 0 Å². The third kappa shape index (κ3) is 3.96. The van der Waals surface area contributed by atoms with Crippen molar-refractivity contribution >= 4 is 17.5 Å². The highest BCUT2D eigenvalue weighted by Crippen LogP contribution is 2.31. The van der Waals surface area contributed by atoms with Crippen LogP contribution in [0.15, 0.2) is 36.5 Å². The molecule has 0 amide bonds. The van der Waals surface area contributed by atoms with E-state index < -0.39 is 11.9 Å². The van der Waals surface area contributed by atoms with Crippen LogP contribution in [0.5, 0.6) is 0 Å². The van der Waals surface area contributed by atoms with Gasteiger partial charge in [-0.25, -0.2) is 9.97 Å². The quantitative estimate of drug-likeness (QED) is 0.724. The molecule has 9 heteroatoms. The molecule has 0 aliphatic carbocycles. The Bertz CT molecular complexity index is 919. The van der Waals surface area contributed by atoms with Gasteiger partial charge in [0, 0.05) is 35.4 Å². The number of benzene rings is 1. The van der Waals surface area contributed by atoms with Crippen LogP contribution in [0.4, 0.5) is 19.1 Å². The average molecular weight is 382 g/mol. The Morgan fingerprint density at radius 2 is 1.85 bits per heavy atom. The van der Waals surface area contributed by atoms with Gasteiger partial charge < -0.3 is 5.32 Å². The maximum absolute atomic E-state index is 13.2. The Morgan fingerprint density at radius 3 is 2.42 bits per heavy atom. The van der Waals surface area contributed by atoms with E-state index in [2.05, 4.69) is 20.4 Å². The van der Waals surface area contributed by atoms with Crippen molar-refractivity contribution in [1.29, 1.82) is 0 Å². The number of nitrogens with zero attached hydrogens (tertiary/aromatic N) is 4. The maximum Gasteiger partial charge on any atom is 0.433 e. The largest absolute Gasteiger partial charge is 0.433 e. The summed E-state index contributed by atoms with van der Waals surface area (Å²) in [7, 11) is 1.79. The normalized spacial score (nSPS) is 11.6. The molecule has 0 saturated carbocycles. The van der Waals surface area contributed by atoms with E-state index in [9.17, 15) is 13.2 Å². The number of halogens is 4. The molecular weight excluding hydrogens is 367 g/mol. The monoisotopic (exact) mass is 381 g/mol. The van der Waals surface area contributed by atoms with Crippen LogP contribution in [0, 0.1) is 6.92 Å². The second-order valence-electron chi connectivity index (χ2n) is 5.70. The highest BCUT2D eigenvalue weighted by Gasteiger charge is 2.33. The summed E-state index contributed by atoms with van der Waals surface area (Å²) in [5.74, 6) is -0.104. The molecule has 136 valence electrons. The maximum atomic E-state index is 13.2. The summed E-state index contributed by atoms with van der Waals surface area (Å²) in [5, 5.41) is 7.44. The minimum absolute atomic E-state index is 0.104. The molecule has 0 unspecified atom stereocenters. The molecule has 1 aromatic carbocycles. The van der Waals surface area contributed by atoms with Crippen LogP contribution >= 0.6 is 11.6 Å². The van der Waals surface area contributed by atoms with Gasteiger partial charge in [0.2, 0.25) is 5.95 Å². The van der Waals surface area contributed by atoms with Crippen LogP contribution in [0.3, 0.4) is 0 Å². The molecule has 2 heterocycles. The molecular formula is C17H15ClF3N5. The molecule has 0 fully saturated rings. The van der Waals surface area contributed by atoms with Gasteiger partial charge in [-0.05, 0) is 25.1 Å². The van der Waals surface area contributed by atoms with Gasteiger partial charge >= 0.3 is 6.18 Å². The molecule has 0 radical (unpaired) electrons. The topological polar surface area (TPSA) is 55.6 Å². The number of hydrogen-bond acceptors (Lipinski definition) is 4. The summed E-state index contributed by atoms with van der Waals surface area (Å²) in [6.07, 6.45) is -2.93. The Kier molecular flexibility index (Phi) is 4.86. The molecule has 1 N–H and O–H groups in total. The van der Waals surface area contributed by atoms with Crippen molar-refractivity contribution in [3.05, 3.63) is 58.5 Å². The van der Waals surface area contributed by atoms with Gasteiger partial charge in [0.1, 0.15) is 0 Å². The summed E-state index contributed by atoms with van der Waals surface area (Å²) in [6.45, 7) is 2.14. The lowest BCUT2D eigenvalue weighted by Gasteiger charge is -2.12. The van der Waals surface area contributed by atoms with Gasteiger partial charge in [0.25, 0.3) is 0 Å². The van der Waals surface area contributed by atoms with Gasteiger partial charge in [-0.1, -0.05) is 23.7 Å². The van der Waals surface area contributed by atoms with E-state index >= 15 is 0 Å². The van der Waals surface area contributed by atoms with Crippen molar-refractivity contribution in [2.75, 3.05) is 5.32 Å². The van der Waals surface area contributed by atoms with Crippen LogP contribution in [0.25, 0.3) is 11.3 Å². The fourth-order valence-electron chi connectivity index (χ4n) is 2.33. The highest BCUT2D eigenvalue weighted by atomic mass is 35.5. The molecule has 0 aliphatic rings. The van der Waals surface area contributed by atoms with E-state index in [0.717, 1.165) is 17.3 Å². The number of nitrogens with one attached hydrogen (secondary N) is 1. The van der Waals surface area contributed by atoms with E-state index in [1.807, 2.05) is 6.92 Å². The number of alkyl halides is 3.